The molecule has 16 nitrogen and oxygen atoms in total. The minimum atomic E-state index is -4.61. The number of ketones is 2. The smallest absolute Gasteiger partial charge is 0.295 e. The zero-order chi connectivity index (χ0) is 37.5. The summed E-state index contributed by atoms with van der Waals surface area (Å²) in [6, 6.07) is 14.9. The average Bonchev–Trinajstić information content (AvgIpc) is 3.10. The van der Waals surface area contributed by atoms with Gasteiger partial charge in [0.2, 0.25) is 11.6 Å². The van der Waals surface area contributed by atoms with Crippen molar-refractivity contribution in [2.75, 3.05) is 36.5 Å². The van der Waals surface area contributed by atoms with Crippen LogP contribution in [0.2, 0.25) is 0 Å². The van der Waals surface area contributed by atoms with Gasteiger partial charge in [-0.2, -0.15) is 27.0 Å². The van der Waals surface area contributed by atoms with Gasteiger partial charge in [0, 0.05) is 22.5 Å². The van der Waals surface area contributed by atoms with E-state index >= 15 is 0 Å². The van der Waals surface area contributed by atoms with Gasteiger partial charge in [0.15, 0.2) is 0 Å². The average molecular weight is 745 g/mol. The second kappa shape index (κ2) is 13.4. The number of hydrogen-bond acceptors (Lipinski definition) is 14. The fraction of sp³-hybridized carbons (Fsp3) is 0.0588. The van der Waals surface area contributed by atoms with Crippen LogP contribution in [-0.2, 0) is 20.2 Å². The Morgan fingerprint density at radius 1 is 0.596 bits per heavy atom. The molecule has 6 rings (SSSR count). The summed E-state index contributed by atoms with van der Waals surface area (Å²) in [5.74, 6) is -0.596. The zero-order valence-electron chi connectivity index (χ0n) is 27.1. The lowest BCUT2D eigenvalue weighted by atomic mass is 9.93. The number of hydrogen-bond donors (Lipinski definition) is 6. The van der Waals surface area contributed by atoms with Crippen molar-refractivity contribution in [3.05, 3.63) is 95.1 Å². The van der Waals surface area contributed by atoms with E-state index in [1.165, 1.54) is 50.7 Å². The summed E-state index contributed by atoms with van der Waals surface area (Å²) in [5.41, 5.74) is 19.3. The van der Waals surface area contributed by atoms with Crippen molar-refractivity contribution in [2.45, 2.75) is 9.79 Å². The Kier molecular flexibility index (Phi) is 9.15. The quantitative estimate of drug-likeness (QED) is 0.0789. The Bertz CT molecular complexity index is 2380. The van der Waals surface area contributed by atoms with Crippen molar-refractivity contribution in [2.24, 2.45) is 10.2 Å². The van der Waals surface area contributed by atoms with E-state index < -0.39 is 41.6 Å². The number of anilines is 4. The van der Waals surface area contributed by atoms with Gasteiger partial charge in [-0.3, -0.25) is 29.5 Å². The Morgan fingerprint density at radius 2 is 0.981 bits per heavy atom. The van der Waals surface area contributed by atoms with Crippen LogP contribution in [0.4, 0.5) is 22.7 Å². The van der Waals surface area contributed by atoms with Gasteiger partial charge in [-0.15, -0.1) is 0 Å². The van der Waals surface area contributed by atoms with E-state index in [1.807, 2.05) is 0 Å². The first kappa shape index (κ1) is 35.5. The van der Waals surface area contributed by atoms with Crippen LogP contribution in [0.25, 0.3) is 23.3 Å². The molecule has 0 bridgehead atoms. The highest BCUT2D eigenvalue weighted by atomic mass is 32.2. The van der Waals surface area contributed by atoms with E-state index in [0.29, 0.717) is 34.0 Å². The SMILES string of the molecule is COc1cc(-c2ccc(N/N=C3\C=Cc4c(S(=O)(=O)O)ccc(N)c4C3=O)c(OC)c2)ccc1N/N=C1/C=Cc2c(S(=O)(=O)O)ccc(N)c2C1=O. The van der Waals surface area contributed by atoms with Gasteiger partial charge in [-0.05, 0) is 71.8 Å². The van der Waals surface area contributed by atoms with Crippen molar-refractivity contribution in [3.63, 3.8) is 0 Å². The van der Waals surface area contributed by atoms with Gasteiger partial charge >= 0.3 is 0 Å². The van der Waals surface area contributed by atoms with Crippen molar-refractivity contribution in [3.8, 4) is 22.6 Å². The summed E-state index contributed by atoms with van der Waals surface area (Å²) < 4.78 is 77.5. The highest BCUT2D eigenvalue weighted by Crippen LogP contribution is 2.36. The Morgan fingerprint density at radius 3 is 1.33 bits per heavy atom. The number of allylic oxidation sites excluding steroid dienone is 2. The lowest BCUT2D eigenvalue weighted by Gasteiger charge is -2.17. The van der Waals surface area contributed by atoms with E-state index in [9.17, 15) is 35.5 Å². The van der Waals surface area contributed by atoms with Gasteiger partial charge in [0.05, 0.1) is 36.7 Å². The van der Waals surface area contributed by atoms with Crippen LogP contribution in [0.1, 0.15) is 31.8 Å². The van der Waals surface area contributed by atoms with Crippen LogP contribution in [0.5, 0.6) is 11.5 Å². The van der Waals surface area contributed by atoms with Crippen molar-refractivity contribution >= 4 is 78.1 Å². The summed E-state index contributed by atoms with van der Waals surface area (Å²) in [6.45, 7) is 0. The summed E-state index contributed by atoms with van der Waals surface area (Å²) in [5, 5.41) is 8.36. The van der Waals surface area contributed by atoms with Gasteiger partial charge < -0.3 is 20.9 Å². The number of benzene rings is 4. The topological polar surface area (TPSA) is 262 Å². The number of nitrogens with zero attached hydrogens (tertiary/aromatic N) is 2. The van der Waals surface area contributed by atoms with Crippen LogP contribution < -0.4 is 31.8 Å². The third-order valence-corrected chi connectivity index (χ3v) is 9.92. The molecule has 0 radical (unpaired) electrons. The standard InChI is InChI=1S/C34H28N6O10S2/c1-49-27-15-17(3-9-23(27)37-39-25-11-5-19-29(51(43,44)45)13-7-21(35)31(19)33(25)41)18-4-10-24(28(16-18)50-2)38-40-26-12-6-20-30(52(46,47)48)14-8-22(36)32(20)34(26)42/h3-16,37-38H,35-36H2,1-2H3,(H,43,44,45)(H,46,47,48)/b39-25-,40-26+. The first-order valence-corrected chi connectivity index (χ1v) is 17.8. The molecule has 0 unspecified atom stereocenters. The number of hydrazone groups is 2. The van der Waals surface area contributed by atoms with Crippen LogP contribution in [0.3, 0.4) is 0 Å². The number of nitrogens with one attached hydrogen (secondary N) is 2. The van der Waals surface area contributed by atoms with Crippen LogP contribution >= 0.6 is 0 Å². The number of carbonyl (C=O) groups excluding carboxylic acids is 2. The normalized spacial score (nSPS) is 15.4. The molecule has 4 aromatic carbocycles. The molecule has 0 spiro atoms. The highest BCUT2D eigenvalue weighted by Gasteiger charge is 2.29. The van der Waals surface area contributed by atoms with Gasteiger partial charge in [-0.25, -0.2) is 0 Å². The lowest BCUT2D eigenvalue weighted by Crippen LogP contribution is -2.21. The van der Waals surface area contributed by atoms with E-state index in [0.717, 1.165) is 12.1 Å². The molecule has 2 aliphatic carbocycles. The molecule has 18 heteroatoms. The van der Waals surface area contributed by atoms with E-state index in [-0.39, 0.29) is 45.1 Å². The number of nitrogen functional groups attached to an aromatic ring is 2. The predicted molar refractivity (Wildman–Crippen MR) is 195 cm³/mol. The first-order valence-electron chi connectivity index (χ1n) is 14.9. The Hall–Kier alpha value is -6.34. The molecule has 0 fully saturated rings. The lowest BCUT2D eigenvalue weighted by molar-refractivity contribution is 0.105. The summed E-state index contributed by atoms with van der Waals surface area (Å²) in [6.07, 6.45) is 5.26. The fourth-order valence-electron chi connectivity index (χ4n) is 5.60. The number of nitrogens with two attached hydrogens (primary N) is 2. The number of fused-ring (bicyclic) bond motifs is 2. The summed E-state index contributed by atoms with van der Waals surface area (Å²) in [4.78, 5) is 25.5. The maximum absolute atomic E-state index is 13.2. The maximum atomic E-state index is 13.2. The monoisotopic (exact) mass is 744 g/mol. The molecule has 0 heterocycles. The highest BCUT2D eigenvalue weighted by molar-refractivity contribution is 7.86. The number of ether oxygens (including phenoxy) is 2. The summed E-state index contributed by atoms with van der Waals surface area (Å²) in [7, 11) is -6.34. The molecule has 8 N–H and O–H groups in total. The molecular weight excluding hydrogens is 717 g/mol. The van der Waals surface area contributed by atoms with Crippen molar-refractivity contribution in [1.29, 1.82) is 0 Å². The maximum Gasteiger partial charge on any atom is 0.295 e. The Balaban J connectivity index is 1.22. The van der Waals surface area contributed by atoms with E-state index in [4.69, 9.17) is 20.9 Å². The number of carbonyl (C=O) groups is 2. The third kappa shape index (κ3) is 6.61. The largest absolute Gasteiger partial charge is 0.494 e. The minimum absolute atomic E-state index is 0.0163. The third-order valence-electron chi connectivity index (χ3n) is 8.10. The van der Waals surface area contributed by atoms with Crippen LogP contribution in [0.15, 0.2) is 92.8 Å². The molecule has 0 saturated carbocycles. The fourth-order valence-corrected chi connectivity index (χ4v) is 6.97. The first-order chi connectivity index (χ1) is 24.6. The van der Waals surface area contributed by atoms with Crippen LogP contribution in [0, 0.1) is 0 Å². The Labute approximate surface area is 296 Å². The molecule has 0 saturated heterocycles. The van der Waals surface area contributed by atoms with Crippen LogP contribution in [-0.4, -0.2) is 63.2 Å². The molecule has 0 atom stereocenters. The number of Topliss-reactive ketones (excluding diaryl/α,β-unsaturated/α-hetero) is 2. The molecule has 2 aliphatic rings. The molecule has 0 amide bonds. The van der Waals surface area contributed by atoms with Crippen molar-refractivity contribution < 1.29 is 45.0 Å². The second-order valence-electron chi connectivity index (χ2n) is 11.2. The minimum Gasteiger partial charge on any atom is -0.494 e. The molecule has 0 aromatic heterocycles. The van der Waals surface area contributed by atoms with Crippen molar-refractivity contribution in [1.82, 2.24) is 0 Å². The van der Waals surface area contributed by atoms with E-state index in [1.54, 1.807) is 36.4 Å². The van der Waals surface area contributed by atoms with E-state index in [2.05, 4.69) is 21.1 Å². The second-order valence-corrected chi connectivity index (χ2v) is 14.0. The molecule has 0 aliphatic heterocycles. The molecular formula is C34H28N6O10S2. The zero-order valence-corrected chi connectivity index (χ0v) is 28.7. The van der Waals surface area contributed by atoms with Gasteiger partial charge in [0.25, 0.3) is 20.2 Å². The number of rotatable bonds is 9. The molecule has 266 valence electrons. The predicted octanol–water partition coefficient (Wildman–Crippen LogP) is 4.38. The molecule has 52 heavy (non-hydrogen) atoms. The van der Waals surface area contributed by atoms with Gasteiger partial charge in [-0.1, -0.05) is 24.3 Å². The summed E-state index contributed by atoms with van der Waals surface area (Å²) >= 11 is 0. The molecule has 4 aromatic rings. The number of methoxy groups -OCH3 is 2. The van der Waals surface area contributed by atoms with Gasteiger partial charge in [0.1, 0.15) is 32.7 Å².